The van der Waals surface area contributed by atoms with Crippen LogP contribution in [0.1, 0.15) is 39.5 Å². The van der Waals surface area contributed by atoms with Gasteiger partial charge in [0.05, 0.1) is 0 Å². The molecule has 2 aliphatic carbocycles. The zero-order valence-electron chi connectivity index (χ0n) is 7.14. The van der Waals surface area contributed by atoms with E-state index in [0.717, 1.165) is 11.8 Å². The lowest BCUT2D eigenvalue weighted by atomic mass is 9.82. The van der Waals surface area contributed by atoms with E-state index in [1.165, 1.54) is 31.1 Å². The Balaban J connectivity index is 1.69. The molecule has 0 radical (unpaired) electrons. The molecule has 2 fully saturated rings. The third-order valence-electron chi connectivity index (χ3n) is 3.68. The molecule has 0 nitrogen and oxygen atoms in total. The van der Waals surface area contributed by atoms with Crippen LogP contribution >= 0.6 is 0 Å². The lowest BCUT2D eigenvalue weighted by Gasteiger charge is -2.23. The van der Waals surface area contributed by atoms with Crippen LogP contribution in [0.4, 0.5) is 0 Å². The van der Waals surface area contributed by atoms with Gasteiger partial charge in [-0.1, -0.05) is 33.1 Å². The topological polar surface area (TPSA) is 0 Å². The predicted octanol–water partition coefficient (Wildman–Crippen LogP) is 3.08. The molecular formula is C10H18. The molecule has 0 aromatic rings. The van der Waals surface area contributed by atoms with Crippen LogP contribution < -0.4 is 0 Å². The highest BCUT2D eigenvalue weighted by Crippen LogP contribution is 2.65. The van der Waals surface area contributed by atoms with Crippen molar-refractivity contribution < 1.29 is 0 Å². The summed E-state index contributed by atoms with van der Waals surface area (Å²) in [5.74, 6) is 4.63. The van der Waals surface area contributed by atoms with E-state index in [1.54, 1.807) is 6.42 Å². The summed E-state index contributed by atoms with van der Waals surface area (Å²) in [7, 11) is 0. The normalized spacial score (nSPS) is 49.8. The SMILES string of the molecule is CCCCC1CC2C(C)C12. The van der Waals surface area contributed by atoms with Crippen molar-refractivity contribution in [2.45, 2.75) is 39.5 Å². The number of hydrogen-bond donors (Lipinski definition) is 0. The van der Waals surface area contributed by atoms with Crippen LogP contribution in [-0.2, 0) is 0 Å². The van der Waals surface area contributed by atoms with Gasteiger partial charge in [0.1, 0.15) is 0 Å². The monoisotopic (exact) mass is 138 g/mol. The fourth-order valence-corrected chi connectivity index (χ4v) is 2.82. The van der Waals surface area contributed by atoms with Crippen molar-refractivity contribution in [2.75, 3.05) is 0 Å². The number of rotatable bonds is 3. The zero-order valence-corrected chi connectivity index (χ0v) is 7.14. The maximum absolute atomic E-state index is 2.43. The van der Waals surface area contributed by atoms with E-state index in [0.29, 0.717) is 0 Å². The molecule has 2 rings (SSSR count). The molecule has 0 spiro atoms. The van der Waals surface area contributed by atoms with Gasteiger partial charge < -0.3 is 0 Å². The van der Waals surface area contributed by atoms with E-state index >= 15 is 0 Å². The van der Waals surface area contributed by atoms with Gasteiger partial charge >= 0.3 is 0 Å². The van der Waals surface area contributed by atoms with Crippen LogP contribution in [0, 0.1) is 23.7 Å². The molecule has 0 aromatic heterocycles. The molecule has 0 heterocycles. The van der Waals surface area contributed by atoms with Crippen LogP contribution in [0.3, 0.4) is 0 Å². The smallest absolute Gasteiger partial charge is 0.0326 e. The van der Waals surface area contributed by atoms with Crippen LogP contribution in [0.5, 0.6) is 0 Å². The quantitative estimate of drug-likeness (QED) is 0.562. The highest BCUT2D eigenvalue weighted by molar-refractivity contribution is 5.07. The van der Waals surface area contributed by atoms with Crippen molar-refractivity contribution in [3.63, 3.8) is 0 Å². The van der Waals surface area contributed by atoms with E-state index < -0.39 is 0 Å². The number of hydrogen-bond acceptors (Lipinski definition) is 0. The van der Waals surface area contributed by atoms with Gasteiger partial charge in [0.15, 0.2) is 0 Å². The summed E-state index contributed by atoms with van der Waals surface area (Å²) in [5, 5.41) is 0. The van der Waals surface area contributed by atoms with Crippen LogP contribution in [0.2, 0.25) is 0 Å². The minimum atomic E-state index is 1.11. The van der Waals surface area contributed by atoms with Gasteiger partial charge in [-0.3, -0.25) is 0 Å². The third-order valence-corrected chi connectivity index (χ3v) is 3.68. The molecule has 0 saturated heterocycles. The Labute approximate surface area is 64.0 Å². The molecule has 2 saturated carbocycles. The third kappa shape index (κ3) is 0.810. The molecule has 0 heteroatoms. The first-order valence-electron chi connectivity index (χ1n) is 4.84. The van der Waals surface area contributed by atoms with Gasteiger partial charge in [0.25, 0.3) is 0 Å². The number of unbranched alkanes of at least 4 members (excludes halogenated alkanes) is 1. The fraction of sp³-hybridized carbons (Fsp3) is 1.00. The number of fused-ring (bicyclic) bond motifs is 1. The summed E-state index contributed by atoms with van der Waals surface area (Å²) in [6.45, 7) is 4.73. The summed E-state index contributed by atoms with van der Waals surface area (Å²) in [6.07, 6.45) is 5.97. The Morgan fingerprint density at radius 2 is 2.20 bits per heavy atom. The molecular weight excluding hydrogens is 120 g/mol. The molecule has 4 unspecified atom stereocenters. The summed E-state index contributed by atoms with van der Waals surface area (Å²) in [6, 6.07) is 0. The molecule has 2 aliphatic rings. The largest absolute Gasteiger partial charge is 0.0654 e. The first-order chi connectivity index (χ1) is 4.84. The Bertz CT molecular complexity index is 124. The second kappa shape index (κ2) is 2.25. The van der Waals surface area contributed by atoms with Gasteiger partial charge in [-0.15, -0.1) is 0 Å². The van der Waals surface area contributed by atoms with Gasteiger partial charge in [-0.25, -0.2) is 0 Å². The minimum Gasteiger partial charge on any atom is -0.0654 e. The molecule has 0 amide bonds. The van der Waals surface area contributed by atoms with Crippen molar-refractivity contribution in [1.82, 2.24) is 0 Å². The molecule has 58 valence electrons. The molecule has 4 atom stereocenters. The van der Waals surface area contributed by atoms with Gasteiger partial charge in [0, 0.05) is 0 Å². The summed E-state index contributed by atoms with van der Waals surface area (Å²) in [5.41, 5.74) is 0. The van der Waals surface area contributed by atoms with Crippen LogP contribution in [0.15, 0.2) is 0 Å². The Morgan fingerprint density at radius 1 is 1.40 bits per heavy atom. The van der Waals surface area contributed by atoms with E-state index in [2.05, 4.69) is 13.8 Å². The molecule has 0 N–H and O–H groups in total. The summed E-state index contributed by atoms with van der Waals surface area (Å²) in [4.78, 5) is 0. The van der Waals surface area contributed by atoms with Crippen molar-refractivity contribution >= 4 is 0 Å². The van der Waals surface area contributed by atoms with Crippen molar-refractivity contribution in [3.05, 3.63) is 0 Å². The fourth-order valence-electron chi connectivity index (χ4n) is 2.82. The van der Waals surface area contributed by atoms with Crippen LogP contribution in [-0.4, -0.2) is 0 Å². The van der Waals surface area contributed by atoms with E-state index in [4.69, 9.17) is 0 Å². The van der Waals surface area contributed by atoms with E-state index in [-0.39, 0.29) is 0 Å². The van der Waals surface area contributed by atoms with Gasteiger partial charge in [-0.2, -0.15) is 0 Å². The van der Waals surface area contributed by atoms with Crippen molar-refractivity contribution in [3.8, 4) is 0 Å². The van der Waals surface area contributed by atoms with Crippen LogP contribution in [0.25, 0.3) is 0 Å². The Kier molecular flexibility index (Phi) is 1.51. The first kappa shape index (κ1) is 6.69. The predicted molar refractivity (Wildman–Crippen MR) is 43.8 cm³/mol. The van der Waals surface area contributed by atoms with Gasteiger partial charge in [0.2, 0.25) is 0 Å². The van der Waals surface area contributed by atoms with E-state index in [9.17, 15) is 0 Å². The summed E-state index contributed by atoms with van der Waals surface area (Å²) >= 11 is 0. The first-order valence-corrected chi connectivity index (χ1v) is 4.84. The van der Waals surface area contributed by atoms with E-state index in [1.807, 2.05) is 0 Å². The minimum absolute atomic E-state index is 1.11. The van der Waals surface area contributed by atoms with Crippen molar-refractivity contribution in [2.24, 2.45) is 23.7 Å². The average Bonchev–Trinajstić information content (AvgIpc) is 2.34. The standard InChI is InChI=1S/C10H18/c1-3-4-5-8-6-9-7(2)10(8)9/h7-10H,3-6H2,1-2H3. The maximum atomic E-state index is 2.43. The Morgan fingerprint density at radius 3 is 2.60 bits per heavy atom. The van der Waals surface area contributed by atoms with Crippen molar-refractivity contribution in [1.29, 1.82) is 0 Å². The second-order valence-corrected chi connectivity index (χ2v) is 4.24. The highest BCUT2D eigenvalue weighted by atomic mass is 14.6. The second-order valence-electron chi connectivity index (χ2n) is 4.24. The maximum Gasteiger partial charge on any atom is -0.0326 e. The lowest BCUT2D eigenvalue weighted by Crippen LogP contribution is -2.14. The average molecular weight is 138 g/mol. The molecule has 0 bridgehead atoms. The Hall–Kier alpha value is 0. The summed E-state index contributed by atoms with van der Waals surface area (Å²) < 4.78 is 0. The molecule has 0 aromatic carbocycles. The molecule has 0 aliphatic heterocycles. The molecule has 10 heavy (non-hydrogen) atoms. The lowest BCUT2D eigenvalue weighted by molar-refractivity contribution is 0.264. The zero-order chi connectivity index (χ0) is 7.14. The highest BCUT2D eigenvalue weighted by Gasteiger charge is 2.59. The van der Waals surface area contributed by atoms with Gasteiger partial charge in [-0.05, 0) is 30.1 Å².